The second-order valence-electron chi connectivity index (χ2n) is 4.11. The Morgan fingerprint density at radius 1 is 1.42 bits per heavy atom. The summed E-state index contributed by atoms with van der Waals surface area (Å²) in [5.41, 5.74) is 7.61. The zero-order valence-electron chi connectivity index (χ0n) is 11.0. The number of nitrogens with two attached hydrogens (primary N) is 1. The van der Waals surface area contributed by atoms with E-state index in [2.05, 4.69) is 15.2 Å². The van der Waals surface area contributed by atoms with Crippen molar-refractivity contribution in [3.63, 3.8) is 0 Å². The number of rotatable bonds is 3. The summed E-state index contributed by atoms with van der Waals surface area (Å²) in [6.07, 6.45) is 1.60. The highest BCUT2D eigenvalue weighted by atomic mass is 16.5. The van der Waals surface area contributed by atoms with Crippen LogP contribution in [0.3, 0.4) is 0 Å². The van der Waals surface area contributed by atoms with Crippen LogP contribution in [0.1, 0.15) is 17.0 Å². The van der Waals surface area contributed by atoms with Crippen LogP contribution in [-0.4, -0.2) is 25.8 Å². The molecule has 0 amide bonds. The molecule has 0 aliphatic rings. The van der Waals surface area contributed by atoms with Crippen LogP contribution in [0.15, 0.2) is 23.5 Å². The molecule has 0 aliphatic heterocycles. The molecular formula is C12H15N5O2. The van der Waals surface area contributed by atoms with Gasteiger partial charge < -0.3 is 15.7 Å². The standard InChI is InChI=1S/C12H15N5O2/c1-7-4-5-9(6-14-7)19-12-10(11(13)16-18)8(2)15-17(12)3/h4-6,18H,1-3H3,(H2,13,16). The highest BCUT2D eigenvalue weighted by Crippen LogP contribution is 2.26. The number of ether oxygens (including phenoxy) is 1. The van der Waals surface area contributed by atoms with Gasteiger partial charge in [-0.15, -0.1) is 0 Å². The van der Waals surface area contributed by atoms with E-state index in [0.29, 0.717) is 22.9 Å². The van der Waals surface area contributed by atoms with Gasteiger partial charge in [-0.1, -0.05) is 5.16 Å². The van der Waals surface area contributed by atoms with Crippen LogP contribution < -0.4 is 10.5 Å². The van der Waals surface area contributed by atoms with Crippen molar-refractivity contribution in [1.82, 2.24) is 14.8 Å². The molecule has 0 saturated carbocycles. The second kappa shape index (κ2) is 4.97. The SMILES string of the molecule is Cc1ccc(Oc2c(/C(N)=N/O)c(C)nn2C)cn1. The molecule has 7 nitrogen and oxygen atoms in total. The van der Waals surface area contributed by atoms with Gasteiger partial charge in [0.2, 0.25) is 5.88 Å². The third-order valence-corrected chi connectivity index (χ3v) is 2.63. The molecule has 19 heavy (non-hydrogen) atoms. The zero-order valence-corrected chi connectivity index (χ0v) is 11.0. The van der Waals surface area contributed by atoms with Crippen LogP contribution in [0.5, 0.6) is 11.6 Å². The number of amidine groups is 1. The van der Waals surface area contributed by atoms with Gasteiger partial charge in [-0.05, 0) is 26.0 Å². The van der Waals surface area contributed by atoms with E-state index >= 15 is 0 Å². The maximum absolute atomic E-state index is 8.81. The Labute approximate surface area is 110 Å². The minimum Gasteiger partial charge on any atom is -0.437 e. The molecular weight excluding hydrogens is 246 g/mol. The summed E-state index contributed by atoms with van der Waals surface area (Å²) in [6, 6.07) is 3.63. The monoisotopic (exact) mass is 261 g/mol. The molecule has 2 aromatic heterocycles. The summed E-state index contributed by atoms with van der Waals surface area (Å²) in [7, 11) is 1.72. The van der Waals surface area contributed by atoms with Gasteiger partial charge in [0, 0.05) is 12.7 Å². The number of aromatic nitrogens is 3. The molecule has 0 bridgehead atoms. The first-order valence-electron chi connectivity index (χ1n) is 5.65. The lowest BCUT2D eigenvalue weighted by Gasteiger charge is -2.07. The Balaban J connectivity index is 2.42. The summed E-state index contributed by atoms with van der Waals surface area (Å²) in [5.74, 6) is 0.916. The van der Waals surface area contributed by atoms with Crippen molar-refractivity contribution in [1.29, 1.82) is 0 Å². The molecule has 0 spiro atoms. The van der Waals surface area contributed by atoms with Crippen molar-refractivity contribution < 1.29 is 9.94 Å². The number of pyridine rings is 1. The topological polar surface area (TPSA) is 98.5 Å². The zero-order chi connectivity index (χ0) is 14.0. The molecule has 0 fully saturated rings. The Morgan fingerprint density at radius 2 is 2.16 bits per heavy atom. The van der Waals surface area contributed by atoms with E-state index < -0.39 is 0 Å². The highest BCUT2D eigenvalue weighted by Gasteiger charge is 2.19. The molecule has 0 aliphatic carbocycles. The molecule has 2 heterocycles. The third-order valence-electron chi connectivity index (χ3n) is 2.63. The van der Waals surface area contributed by atoms with E-state index in [9.17, 15) is 0 Å². The minimum absolute atomic E-state index is 0.0410. The Morgan fingerprint density at radius 3 is 2.74 bits per heavy atom. The van der Waals surface area contributed by atoms with Gasteiger partial charge in [0.15, 0.2) is 5.84 Å². The molecule has 0 saturated heterocycles. The van der Waals surface area contributed by atoms with Crippen molar-refractivity contribution in [3.8, 4) is 11.6 Å². The summed E-state index contributed by atoms with van der Waals surface area (Å²) in [4.78, 5) is 4.14. The van der Waals surface area contributed by atoms with Gasteiger partial charge in [0.05, 0.1) is 11.9 Å². The fourth-order valence-corrected chi connectivity index (χ4v) is 1.73. The number of nitrogens with zero attached hydrogens (tertiary/aromatic N) is 4. The average Bonchev–Trinajstić information content (AvgIpc) is 2.66. The maximum atomic E-state index is 8.81. The molecule has 2 aromatic rings. The maximum Gasteiger partial charge on any atom is 0.229 e. The van der Waals surface area contributed by atoms with E-state index in [0.717, 1.165) is 5.69 Å². The first-order valence-corrected chi connectivity index (χ1v) is 5.65. The van der Waals surface area contributed by atoms with Gasteiger partial charge in [0.1, 0.15) is 11.3 Å². The van der Waals surface area contributed by atoms with Gasteiger partial charge >= 0.3 is 0 Å². The van der Waals surface area contributed by atoms with Crippen LogP contribution in [0, 0.1) is 13.8 Å². The number of hydrogen-bond acceptors (Lipinski definition) is 5. The summed E-state index contributed by atoms with van der Waals surface area (Å²) < 4.78 is 7.24. The third kappa shape index (κ3) is 2.49. The fraction of sp³-hybridized carbons (Fsp3) is 0.250. The molecule has 0 aromatic carbocycles. The fourth-order valence-electron chi connectivity index (χ4n) is 1.73. The first-order chi connectivity index (χ1) is 9.02. The molecule has 2 rings (SSSR count). The lowest BCUT2D eigenvalue weighted by atomic mass is 10.2. The van der Waals surface area contributed by atoms with Crippen molar-refractivity contribution in [2.45, 2.75) is 13.8 Å². The number of hydrogen-bond donors (Lipinski definition) is 2. The summed E-state index contributed by atoms with van der Waals surface area (Å²) in [6.45, 7) is 3.65. The minimum atomic E-state index is -0.0410. The van der Waals surface area contributed by atoms with Crippen LogP contribution in [0.2, 0.25) is 0 Å². The molecule has 100 valence electrons. The Kier molecular flexibility index (Phi) is 3.37. The van der Waals surface area contributed by atoms with Gasteiger partial charge in [-0.2, -0.15) is 5.10 Å². The lowest BCUT2D eigenvalue weighted by Crippen LogP contribution is -2.15. The van der Waals surface area contributed by atoms with Crippen LogP contribution in [0.4, 0.5) is 0 Å². The summed E-state index contributed by atoms with van der Waals surface area (Å²) in [5, 5.41) is 16.0. The molecule has 0 atom stereocenters. The molecule has 7 heteroatoms. The van der Waals surface area contributed by atoms with E-state index in [4.69, 9.17) is 15.7 Å². The van der Waals surface area contributed by atoms with Crippen molar-refractivity contribution in [2.24, 2.45) is 17.9 Å². The largest absolute Gasteiger partial charge is 0.437 e. The van der Waals surface area contributed by atoms with E-state index in [1.165, 1.54) is 4.68 Å². The van der Waals surface area contributed by atoms with Crippen molar-refractivity contribution in [3.05, 3.63) is 35.3 Å². The van der Waals surface area contributed by atoms with E-state index in [-0.39, 0.29) is 5.84 Å². The van der Waals surface area contributed by atoms with Crippen LogP contribution in [-0.2, 0) is 7.05 Å². The van der Waals surface area contributed by atoms with Gasteiger partial charge in [-0.3, -0.25) is 4.98 Å². The average molecular weight is 261 g/mol. The van der Waals surface area contributed by atoms with E-state index in [1.807, 2.05) is 13.0 Å². The smallest absolute Gasteiger partial charge is 0.229 e. The van der Waals surface area contributed by atoms with E-state index in [1.54, 1.807) is 26.2 Å². The number of aryl methyl sites for hydroxylation is 3. The predicted octanol–water partition coefficient (Wildman–Crippen LogP) is 1.32. The summed E-state index contributed by atoms with van der Waals surface area (Å²) >= 11 is 0. The molecule has 0 unspecified atom stereocenters. The van der Waals surface area contributed by atoms with Gasteiger partial charge in [-0.25, -0.2) is 4.68 Å². The molecule has 3 N–H and O–H groups in total. The quantitative estimate of drug-likeness (QED) is 0.376. The normalized spacial score (nSPS) is 11.6. The van der Waals surface area contributed by atoms with Gasteiger partial charge in [0.25, 0.3) is 0 Å². The Bertz CT molecular complexity index is 616. The Hall–Kier alpha value is -2.57. The van der Waals surface area contributed by atoms with Crippen molar-refractivity contribution >= 4 is 5.84 Å². The van der Waals surface area contributed by atoms with Crippen molar-refractivity contribution in [2.75, 3.05) is 0 Å². The highest BCUT2D eigenvalue weighted by molar-refractivity contribution is 6.00. The lowest BCUT2D eigenvalue weighted by molar-refractivity contribution is 0.318. The predicted molar refractivity (Wildman–Crippen MR) is 69.5 cm³/mol. The number of oxime groups is 1. The van der Waals surface area contributed by atoms with Crippen LogP contribution >= 0.6 is 0 Å². The second-order valence-corrected chi connectivity index (χ2v) is 4.11. The first kappa shape index (κ1) is 12.9. The van der Waals surface area contributed by atoms with Crippen LogP contribution in [0.25, 0.3) is 0 Å². The molecule has 0 radical (unpaired) electrons.